The van der Waals surface area contributed by atoms with Gasteiger partial charge in [-0.1, -0.05) is 12.1 Å². The van der Waals surface area contributed by atoms with E-state index in [1.165, 1.54) is 33.6 Å². The summed E-state index contributed by atoms with van der Waals surface area (Å²) in [6.45, 7) is 0. The monoisotopic (exact) mass is 356 g/mol. The van der Waals surface area contributed by atoms with Gasteiger partial charge in [0.15, 0.2) is 0 Å². The number of aromatic nitrogens is 2. The van der Waals surface area contributed by atoms with E-state index >= 15 is 0 Å². The highest BCUT2D eigenvalue weighted by molar-refractivity contribution is 7.18. The summed E-state index contributed by atoms with van der Waals surface area (Å²) in [4.78, 5) is 19.4. The van der Waals surface area contributed by atoms with Crippen molar-refractivity contribution in [2.75, 3.05) is 5.43 Å². The molecule has 0 saturated heterocycles. The fraction of sp³-hybridized carbons (Fsp3) is 0.278. The molecule has 1 aliphatic carbocycles. The van der Waals surface area contributed by atoms with Gasteiger partial charge >= 0.3 is 0 Å². The van der Waals surface area contributed by atoms with E-state index < -0.39 is 0 Å². The van der Waals surface area contributed by atoms with Crippen molar-refractivity contribution in [3.8, 4) is 0 Å². The molecule has 0 amide bonds. The van der Waals surface area contributed by atoms with E-state index in [1.54, 1.807) is 36.7 Å². The summed E-state index contributed by atoms with van der Waals surface area (Å²) in [6.07, 6.45) is 5.86. The quantitative estimate of drug-likeness (QED) is 0.577. The van der Waals surface area contributed by atoms with Crippen LogP contribution in [0.25, 0.3) is 10.2 Å². The predicted molar refractivity (Wildman–Crippen MR) is 99.1 cm³/mol. The van der Waals surface area contributed by atoms with Crippen molar-refractivity contribution < 1.29 is 4.39 Å². The molecule has 25 heavy (non-hydrogen) atoms. The van der Waals surface area contributed by atoms with Gasteiger partial charge in [0.05, 0.1) is 11.6 Å². The highest BCUT2D eigenvalue weighted by Gasteiger charge is 2.20. The summed E-state index contributed by atoms with van der Waals surface area (Å²) in [7, 11) is 1.69. The molecule has 0 unspecified atom stereocenters. The molecule has 0 saturated carbocycles. The summed E-state index contributed by atoms with van der Waals surface area (Å²) >= 11 is 1.61. The first kappa shape index (κ1) is 16.0. The average Bonchev–Trinajstić information content (AvgIpc) is 2.99. The number of rotatable bonds is 3. The molecule has 3 aromatic rings. The molecule has 1 N–H and O–H groups in total. The zero-order valence-corrected chi connectivity index (χ0v) is 14.6. The maximum absolute atomic E-state index is 12.9. The Balaban J connectivity index is 1.67. The summed E-state index contributed by atoms with van der Waals surface area (Å²) in [5.41, 5.74) is 4.72. The zero-order valence-electron chi connectivity index (χ0n) is 13.8. The van der Waals surface area contributed by atoms with Crippen molar-refractivity contribution in [2.24, 2.45) is 12.1 Å². The van der Waals surface area contributed by atoms with Crippen LogP contribution in [0.3, 0.4) is 0 Å². The van der Waals surface area contributed by atoms with E-state index in [2.05, 4.69) is 15.5 Å². The number of halogens is 1. The number of thiophene rings is 1. The van der Waals surface area contributed by atoms with Crippen LogP contribution in [0.4, 0.5) is 10.3 Å². The lowest BCUT2D eigenvalue weighted by Crippen LogP contribution is -2.21. The van der Waals surface area contributed by atoms with Gasteiger partial charge in [0.25, 0.3) is 5.56 Å². The molecule has 128 valence electrons. The summed E-state index contributed by atoms with van der Waals surface area (Å²) in [5.74, 6) is 0.107. The van der Waals surface area contributed by atoms with Gasteiger partial charge in [-0.2, -0.15) is 5.10 Å². The van der Waals surface area contributed by atoms with Gasteiger partial charge in [-0.3, -0.25) is 9.36 Å². The van der Waals surface area contributed by atoms with E-state index in [9.17, 15) is 9.18 Å². The van der Waals surface area contributed by atoms with Crippen LogP contribution in [0.1, 0.15) is 28.8 Å². The molecule has 0 aliphatic heterocycles. The highest BCUT2D eigenvalue weighted by Crippen LogP contribution is 2.34. The maximum Gasteiger partial charge on any atom is 0.263 e. The summed E-state index contributed by atoms with van der Waals surface area (Å²) in [5, 5.41) is 4.88. The number of anilines is 1. The molecule has 1 aliphatic rings. The Morgan fingerprint density at radius 2 is 2.04 bits per heavy atom. The minimum absolute atomic E-state index is 0.0381. The molecule has 0 radical (unpaired) electrons. The Morgan fingerprint density at radius 3 is 2.84 bits per heavy atom. The standard InChI is InChI=1S/C18H17FN4OS/c1-23-17(24)15-13-4-2-3-5-14(13)25-16(15)21-18(23)22-20-10-11-6-8-12(19)9-7-11/h6-10H,2-5H2,1H3,(H,21,22). The first-order chi connectivity index (χ1) is 12.1. The second-order valence-electron chi connectivity index (χ2n) is 6.11. The number of benzene rings is 1. The first-order valence-corrected chi connectivity index (χ1v) is 9.01. The summed E-state index contributed by atoms with van der Waals surface area (Å²) in [6, 6.07) is 6.00. The van der Waals surface area contributed by atoms with Gasteiger partial charge in [-0.05, 0) is 48.9 Å². The molecule has 2 aromatic heterocycles. The maximum atomic E-state index is 12.9. The largest absolute Gasteiger partial charge is 0.280 e. The van der Waals surface area contributed by atoms with Gasteiger partial charge in [0, 0.05) is 11.9 Å². The van der Waals surface area contributed by atoms with E-state index in [0.29, 0.717) is 5.95 Å². The Morgan fingerprint density at radius 1 is 1.28 bits per heavy atom. The Kier molecular flexibility index (Phi) is 4.09. The van der Waals surface area contributed by atoms with Crippen molar-refractivity contribution in [2.45, 2.75) is 25.7 Å². The first-order valence-electron chi connectivity index (χ1n) is 8.19. The number of nitrogens with one attached hydrogen (secondary N) is 1. The molecule has 0 spiro atoms. The SMILES string of the molecule is Cn1c(NN=Cc2ccc(F)cc2)nc2sc3c(c2c1=O)CCCC3. The van der Waals surface area contributed by atoms with Crippen molar-refractivity contribution in [1.82, 2.24) is 9.55 Å². The number of hydrogen-bond acceptors (Lipinski definition) is 5. The second-order valence-corrected chi connectivity index (χ2v) is 7.20. The molecular weight excluding hydrogens is 339 g/mol. The van der Waals surface area contributed by atoms with Crippen molar-refractivity contribution in [3.05, 3.63) is 56.4 Å². The van der Waals surface area contributed by atoms with Crippen molar-refractivity contribution >= 4 is 33.7 Å². The Labute approximate surface area is 147 Å². The molecule has 4 rings (SSSR count). The molecule has 5 nitrogen and oxygen atoms in total. The number of nitrogens with zero attached hydrogens (tertiary/aromatic N) is 3. The van der Waals surface area contributed by atoms with Crippen LogP contribution in [0.2, 0.25) is 0 Å². The van der Waals surface area contributed by atoms with Crippen LogP contribution in [0, 0.1) is 5.82 Å². The minimum atomic E-state index is -0.290. The van der Waals surface area contributed by atoms with Crippen LogP contribution in [0.15, 0.2) is 34.2 Å². The molecule has 7 heteroatoms. The lowest BCUT2D eigenvalue weighted by atomic mass is 9.97. The van der Waals surface area contributed by atoms with Crippen LogP contribution < -0.4 is 11.0 Å². The predicted octanol–water partition coefficient (Wildman–Crippen LogP) is 3.46. The summed E-state index contributed by atoms with van der Waals surface area (Å²) < 4.78 is 14.4. The van der Waals surface area contributed by atoms with E-state index in [1.807, 2.05) is 0 Å². The number of fused-ring (bicyclic) bond motifs is 3. The van der Waals surface area contributed by atoms with Crippen LogP contribution in [-0.2, 0) is 19.9 Å². The van der Waals surface area contributed by atoms with Crippen LogP contribution >= 0.6 is 11.3 Å². The lowest BCUT2D eigenvalue weighted by Gasteiger charge is -2.10. The number of aryl methyl sites for hydroxylation is 2. The zero-order chi connectivity index (χ0) is 17.4. The highest BCUT2D eigenvalue weighted by atomic mass is 32.1. The minimum Gasteiger partial charge on any atom is -0.280 e. The molecule has 2 heterocycles. The van der Waals surface area contributed by atoms with Crippen LogP contribution in [0.5, 0.6) is 0 Å². The third kappa shape index (κ3) is 2.95. The normalized spacial score (nSPS) is 14.2. The Hall–Kier alpha value is -2.54. The molecular formula is C18H17FN4OS. The number of hydrogen-bond donors (Lipinski definition) is 1. The molecule has 0 fully saturated rings. The van der Waals surface area contributed by atoms with Crippen molar-refractivity contribution in [3.63, 3.8) is 0 Å². The van der Waals surface area contributed by atoms with Gasteiger partial charge < -0.3 is 0 Å². The fourth-order valence-corrected chi connectivity index (χ4v) is 4.35. The van der Waals surface area contributed by atoms with Crippen molar-refractivity contribution in [1.29, 1.82) is 0 Å². The van der Waals surface area contributed by atoms with E-state index in [0.717, 1.165) is 35.0 Å². The average molecular weight is 356 g/mol. The third-order valence-corrected chi connectivity index (χ3v) is 5.63. The number of hydrazone groups is 1. The van der Waals surface area contributed by atoms with Gasteiger partial charge in [0.1, 0.15) is 10.6 Å². The topological polar surface area (TPSA) is 59.3 Å². The molecule has 1 aromatic carbocycles. The third-order valence-electron chi connectivity index (χ3n) is 4.44. The smallest absolute Gasteiger partial charge is 0.263 e. The lowest BCUT2D eigenvalue weighted by molar-refractivity contribution is 0.628. The van der Waals surface area contributed by atoms with Crippen LogP contribution in [-0.4, -0.2) is 15.8 Å². The van der Waals surface area contributed by atoms with Gasteiger partial charge in [-0.15, -0.1) is 11.3 Å². The van der Waals surface area contributed by atoms with E-state index in [4.69, 9.17) is 0 Å². The molecule has 0 atom stereocenters. The Bertz CT molecular complexity index is 1020. The fourth-order valence-electron chi connectivity index (χ4n) is 3.10. The molecule has 0 bridgehead atoms. The van der Waals surface area contributed by atoms with Gasteiger partial charge in [-0.25, -0.2) is 14.8 Å². The van der Waals surface area contributed by atoms with E-state index in [-0.39, 0.29) is 11.4 Å². The van der Waals surface area contributed by atoms with Gasteiger partial charge in [0.2, 0.25) is 5.95 Å². The second kappa shape index (κ2) is 6.40.